The Labute approximate surface area is 98.9 Å². The van der Waals surface area contributed by atoms with Gasteiger partial charge in [-0.15, -0.1) is 10.2 Å². The second-order valence-corrected chi connectivity index (χ2v) is 3.70. The van der Waals surface area contributed by atoms with E-state index in [4.69, 9.17) is 5.84 Å². The zero-order valence-electron chi connectivity index (χ0n) is 8.35. The van der Waals surface area contributed by atoms with Gasteiger partial charge in [-0.25, -0.2) is 15.2 Å². The summed E-state index contributed by atoms with van der Waals surface area (Å²) in [6.45, 7) is 0. The van der Waals surface area contributed by atoms with E-state index in [1.165, 1.54) is 17.8 Å². The summed E-state index contributed by atoms with van der Waals surface area (Å²) in [5.41, 5.74) is 3.33. The number of nitrogens with one attached hydrogen (secondary N) is 2. The number of rotatable bonds is 3. The van der Waals surface area contributed by atoms with E-state index in [2.05, 4.69) is 25.9 Å². The molecule has 2 aromatic rings. The van der Waals surface area contributed by atoms with E-state index in [1.807, 2.05) is 0 Å². The molecular formula is C8H7FN6OS. The van der Waals surface area contributed by atoms with Gasteiger partial charge in [-0.2, -0.15) is 0 Å². The van der Waals surface area contributed by atoms with Gasteiger partial charge in [0.25, 0.3) is 5.91 Å². The lowest BCUT2D eigenvalue weighted by Gasteiger charge is -2.05. The van der Waals surface area contributed by atoms with Gasteiger partial charge >= 0.3 is 0 Å². The molecule has 9 heteroatoms. The van der Waals surface area contributed by atoms with Crippen LogP contribution < -0.4 is 16.6 Å². The van der Waals surface area contributed by atoms with Gasteiger partial charge in [0.15, 0.2) is 11.6 Å². The minimum atomic E-state index is -0.822. The standard InChI is InChI=1S/C8H7FN6OS/c9-5-4(1-2-11-6(5)14-10)7(16)13-8-15-12-3-17-8/h1-3H,10H2,(H,11,14)(H,13,15,16). The van der Waals surface area contributed by atoms with E-state index in [0.29, 0.717) is 0 Å². The molecule has 2 aromatic heterocycles. The number of hydrogen-bond donors (Lipinski definition) is 3. The van der Waals surface area contributed by atoms with Crippen LogP contribution in [0.3, 0.4) is 0 Å². The maximum absolute atomic E-state index is 13.7. The number of carbonyl (C=O) groups is 1. The lowest BCUT2D eigenvalue weighted by molar-refractivity contribution is 0.102. The fourth-order valence-corrected chi connectivity index (χ4v) is 1.55. The Kier molecular flexibility index (Phi) is 3.21. The van der Waals surface area contributed by atoms with Crippen LogP contribution in [0.15, 0.2) is 17.8 Å². The zero-order chi connectivity index (χ0) is 12.3. The maximum Gasteiger partial charge on any atom is 0.260 e. The number of halogens is 1. The third kappa shape index (κ3) is 2.34. The Balaban J connectivity index is 2.25. The molecule has 0 aromatic carbocycles. The van der Waals surface area contributed by atoms with Crippen LogP contribution >= 0.6 is 11.3 Å². The number of amides is 1. The molecule has 2 heterocycles. The quantitative estimate of drug-likeness (QED) is 0.547. The summed E-state index contributed by atoms with van der Waals surface area (Å²) in [5, 5.41) is 9.84. The molecule has 0 unspecified atom stereocenters. The van der Waals surface area contributed by atoms with Crippen molar-refractivity contribution in [1.29, 1.82) is 0 Å². The first-order valence-electron chi connectivity index (χ1n) is 4.41. The Morgan fingerprint density at radius 2 is 2.35 bits per heavy atom. The van der Waals surface area contributed by atoms with Gasteiger partial charge in [-0.3, -0.25) is 10.1 Å². The number of pyridine rings is 1. The zero-order valence-corrected chi connectivity index (χ0v) is 9.16. The number of nitrogens with zero attached hydrogens (tertiary/aromatic N) is 3. The highest BCUT2D eigenvalue weighted by Crippen LogP contribution is 2.16. The number of aromatic nitrogens is 3. The van der Waals surface area contributed by atoms with E-state index >= 15 is 0 Å². The Morgan fingerprint density at radius 1 is 1.53 bits per heavy atom. The van der Waals surface area contributed by atoms with Gasteiger partial charge in [-0.05, 0) is 6.07 Å². The highest BCUT2D eigenvalue weighted by atomic mass is 32.1. The SMILES string of the molecule is NNc1nccc(C(=O)Nc2nncs2)c1F. The van der Waals surface area contributed by atoms with Crippen molar-refractivity contribution in [3.63, 3.8) is 0 Å². The first-order chi connectivity index (χ1) is 8.22. The van der Waals surface area contributed by atoms with Crippen molar-refractivity contribution in [3.05, 3.63) is 29.2 Å². The highest BCUT2D eigenvalue weighted by Gasteiger charge is 2.16. The normalized spacial score (nSPS) is 10.0. The number of nitrogens with two attached hydrogens (primary N) is 1. The molecule has 0 radical (unpaired) electrons. The van der Waals surface area contributed by atoms with Crippen LogP contribution in [-0.4, -0.2) is 21.1 Å². The maximum atomic E-state index is 13.7. The van der Waals surface area contributed by atoms with Crippen LogP contribution in [0.1, 0.15) is 10.4 Å². The third-order valence-electron chi connectivity index (χ3n) is 1.85. The fourth-order valence-electron chi connectivity index (χ4n) is 1.11. The average molecular weight is 254 g/mol. The Bertz CT molecular complexity index is 531. The van der Waals surface area contributed by atoms with Crippen molar-refractivity contribution in [1.82, 2.24) is 15.2 Å². The molecule has 0 bridgehead atoms. The molecule has 0 saturated carbocycles. The lowest BCUT2D eigenvalue weighted by atomic mass is 10.2. The fraction of sp³-hybridized carbons (Fsp3) is 0. The summed E-state index contributed by atoms with van der Waals surface area (Å²) >= 11 is 1.13. The summed E-state index contributed by atoms with van der Waals surface area (Å²) in [4.78, 5) is 15.3. The van der Waals surface area contributed by atoms with Gasteiger partial charge < -0.3 is 5.43 Å². The minimum absolute atomic E-state index is 0.178. The molecule has 0 spiro atoms. The second-order valence-electron chi connectivity index (χ2n) is 2.86. The number of anilines is 2. The predicted octanol–water partition coefficient (Wildman–Crippen LogP) is 0.610. The molecule has 0 atom stereocenters. The number of nitrogen functional groups attached to an aromatic ring is 1. The number of hydrogen-bond acceptors (Lipinski definition) is 7. The van der Waals surface area contributed by atoms with Crippen LogP contribution in [0.2, 0.25) is 0 Å². The summed E-state index contributed by atoms with van der Waals surface area (Å²) in [7, 11) is 0. The van der Waals surface area contributed by atoms with Gasteiger partial charge in [0.05, 0.1) is 5.56 Å². The monoisotopic (exact) mass is 254 g/mol. The van der Waals surface area contributed by atoms with Crippen LogP contribution in [0, 0.1) is 5.82 Å². The van der Waals surface area contributed by atoms with E-state index in [9.17, 15) is 9.18 Å². The molecule has 0 aliphatic rings. The molecule has 17 heavy (non-hydrogen) atoms. The van der Waals surface area contributed by atoms with Crippen molar-refractivity contribution in [2.45, 2.75) is 0 Å². The molecular weight excluding hydrogens is 247 g/mol. The molecule has 4 N–H and O–H groups in total. The van der Waals surface area contributed by atoms with Gasteiger partial charge in [-0.1, -0.05) is 11.3 Å². The lowest BCUT2D eigenvalue weighted by Crippen LogP contribution is -2.17. The van der Waals surface area contributed by atoms with Gasteiger partial charge in [0.2, 0.25) is 5.13 Å². The Hall–Kier alpha value is -2.13. The van der Waals surface area contributed by atoms with Crippen LogP contribution in [0.4, 0.5) is 15.3 Å². The minimum Gasteiger partial charge on any atom is -0.306 e. The first-order valence-corrected chi connectivity index (χ1v) is 5.29. The van der Waals surface area contributed by atoms with Gasteiger partial charge in [0.1, 0.15) is 5.51 Å². The van der Waals surface area contributed by atoms with Crippen molar-refractivity contribution < 1.29 is 9.18 Å². The largest absolute Gasteiger partial charge is 0.306 e. The first kappa shape index (κ1) is 11.4. The third-order valence-corrected chi connectivity index (χ3v) is 2.46. The molecule has 0 fully saturated rings. The summed E-state index contributed by atoms with van der Waals surface area (Å²) in [6, 6.07) is 1.24. The molecule has 2 rings (SSSR count). The number of carbonyl (C=O) groups excluding carboxylic acids is 1. The van der Waals surface area contributed by atoms with Crippen LogP contribution in [-0.2, 0) is 0 Å². The second kappa shape index (κ2) is 4.80. The number of hydrazine groups is 1. The molecule has 0 saturated heterocycles. The molecule has 88 valence electrons. The molecule has 0 aliphatic heterocycles. The van der Waals surface area contributed by atoms with Crippen LogP contribution in [0.5, 0.6) is 0 Å². The van der Waals surface area contributed by atoms with Crippen molar-refractivity contribution in [3.8, 4) is 0 Å². The average Bonchev–Trinajstić information content (AvgIpc) is 2.82. The topological polar surface area (TPSA) is 106 Å². The smallest absolute Gasteiger partial charge is 0.260 e. The molecule has 7 nitrogen and oxygen atoms in total. The predicted molar refractivity (Wildman–Crippen MR) is 59.9 cm³/mol. The van der Waals surface area contributed by atoms with E-state index < -0.39 is 11.7 Å². The van der Waals surface area contributed by atoms with E-state index in [1.54, 1.807) is 0 Å². The molecule has 0 aliphatic carbocycles. The van der Waals surface area contributed by atoms with E-state index in [0.717, 1.165) is 11.3 Å². The summed E-state index contributed by atoms with van der Waals surface area (Å²) in [5.74, 6) is 3.39. The highest BCUT2D eigenvalue weighted by molar-refractivity contribution is 7.13. The van der Waals surface area contributed by atoms with Crippen molar-refractivity contribution in [2.24, 2.45) is 5.84 Å². The van der Waals surface area contributed by atoms with Crippen molar-refractivity contribution >= 4 is 28.2 Å². The van der Waals surface area contributed by atoms with Crippen LogP contribution in [0.25, 0.3) is 0 Å². The van der Waals surface area contributed by atoms with Gasteiger partial charge in [0, 0.05) is 6.20 Å². The Morgan fingerprint density at radius 3 is 3.00 bits per heavy atom. The van der Waals surface area contributed by atoms with Crippen molar-refractivity contribution in [2.75, 3.05) is 10.7 Å². The van der Waals surface area contributed by atoms with E-state index in [-0.39, 0.29) is 16.5 Å². The molecule has 1 amide bonds. The summed E-state index contributed by atoms with van der Waals surface area (Å²) < 4.78 is 13.7. The summed E-state index contributed by atoms with van der Waals surface area (Å²) in [6.07, 6.45) is 1.27.